The lowest BCUT2D eigenvalue weighted by atomic mass is 10.2. The number of H-pyrrole nitrogens is 1. The Morgan fingerprint density at radius 1 is 1.41 bits per heavy atom. The van der Waals surface area contributed by atoms with Crippen LogP contribution in [-0.2, 0) is 0 Å². The standard InChI is InChI=1S/C15H10Cl2N2OS2/c1-8(16)4-9-5-10(2-3-12(9)17)19-14(20)11-6-22-7-13(11)18-15(19)21/h2-7H,1H3,(H,18,21)/b8-4-. The van der Waals surface area contributed by atoms with Crippen molar-refractivity contribution in [1.82, 2.24) is 9.55 Å². The Labute approximate surface area is 145 Å². The van der Waals surface area contributed by atoms with E-state index in [4.69, 9.17) is 35.4 Å². The van der Waals surface area contributed by atoms with Crippen molar-refractivity contribution in [2.24, 2.45) is 0 Å². The van der Waals surface area contributed by atoms with Gasteiger partial charge in [-0.1, -0.05) is 23.2 Å². The minimum atomic E-state index is -0.153. The average molecular weight is 369 g/mol. The van der Waals surface area contributed by atoms with E-state index in [2.05, 4.69) is 4.98 Å². The number of benzene rings is 1. The zero-order chi connectivity index (χ0) is 15.9. The van der Waals surface area contributed by atoms with Gasteiger partial charge < -0.3 is 4.98 Å². The lowest BCUT2D eigenvalue weighted by Gasteiger charge is -2.09. The first-order valence-corrected chi connectivity index (χ1v) is 8.43. The Morgan fingerprint density at radius 2 is 2.18 bits per heavy atom. The molecular formula is C15H10Cl2N2OS2. The first kappa shape index (κ1) is 15.5. The number of halogens is 2. The average Bonchev–Trinajstić information content (AvgIpc) is 2.90. The van der Waals surface area contributed by atoms with E-state index in [1.54, 1.807) is 36.6 Å². The molecule has 22 heavy (non-hydrogen) atoms. The number of allylic oxidation sites excluding steroid dienone is 1. The van der Waals surface area contributed by atoms with Gasteiger partial charge in [0, 0.05) is 20.8 Å². The number of hydrogen-bond acceptors (Lipinski definition) is 3. The maximum Gasteiger partial charge on any atom is 0.267 e. The molecule has 0 bridgehead atoms. The quantitative estimate of drug-likeness (QED) is 0.618. The Bertz CT molecular complexity index is 1010. The van der Waals surface area contributed by atoms with Crippen molar-refractivity contribution in [1.29, 1.82) is 0 Å². The van der Waals surface area contributed by atoms with E-state index in [9.17, 15) is 4.79 Å². The molecule has 0 aliphatic rings. The maximum absolute atomic E-state index is 12.6. The van der Waals surface area contributed by atoms with Gasteiger partial charge in [0.1, 0.15) is 0 Å². The molecule has 2 aromatic heterocycles. The summed E-state index contributed by atoms with van der Waals surface area (Å²) in [5.41, 5.74) is 1.98. The van der Waals surface area contributed by atoms with Gasteiger partial charge in [0.2, 0.25) is 0 Å². The Balaban J connectivity index is 2.30. The molecule has 0 amide bonds. The van der Waals surface area contributed by atoms with E-state index >= 15 is 0 Å². The van der Waals surface area contributed by atoms with Crippen LogP contribution in [0.5, 0.6) is 0 Å². The zero-order valence-electron chi connectivity index (χ0n) is 11.4. The molecule has 2 heterocycles. The van der Waals surface area contributed by atoms with Crippen molar-refractivity contribution in [2.45, 2.75) is 6.92 Å². The topological polar surface area (TPSA) is 37.8 Å². The van der Waals surface area contributed by atoms with Crippen molar-refractivity contribution >= 4 is 63.7 Å². The largest absolute Gasteiger partial charge is 0.331 e. The molecule has 0 fully saturated rings. The molecule has 3 rings (SSSR count). The number of fused-ring (bicyclic) bond motifs is 1. The molecule has 3 aromatic rings. The van der Waals surface area contributed by atoms with Crippen LogP contribution in [0.2, 0.25) is 5.02 Å². The highest BCUT2D eigenvalue weighted by atomic mass is 35.5. The number of nitrogens with zero attached hydrogens (tertiary/aromatic N) is 1. The van der Waals surface area contributed by atoms with Gasteiger partial charge in [-0.15, -0.1) is 11.3 Å². The van der Waals surface area contributed by atoms with Crippen LogP contribution in [0.25, 0.3) is 22.7 Å². The number of hydrogen-bond donors (Lipinski definition) is 1. The second-order valence-electron chi connectivity index (χ2n) is 4.71. The first-order valence-electron chi connectivity index (χ1n) is 6.32. The van der Waals surface area contributed by atoms with Crippen molar-refractivity contribution in [2.75, 3.05) is 0 Å². The molecule has 0 spiro atoms. The van der Waals surface area contributed by atoms with Crippen LogP contribution in [0.4, 0.5) is 0 Å². The summed E-state index contributed by atoms with van der Waals surface area (Å²) >= 11 is 18.9. The van der Waals surface area contributed by atoms with Crippen LogP contribution < -0.4 is 5.56 Å². The number of thiophene rings is 1. The predicted molar refractivity (Wildman–Crippen MR) is 97.1 cm³/mol. The second kappa shape index (κ2) is 6.01. The van der Waals surface area contributed by atoms with Crippen molar-refractivity contribution in [3.05, 3.63) is 59.7 Å². The highest BCUT2D eigenvalue weighted by Crippen LogP contribution is 2.23. The summed E-state index contributed by atoms with van der Waals surface area (Å²) in [6, 6.07) is 5.27. The lowest BCUT2D eigenvalue weighted by Crippen LogP contribution is -2.19. The molecule has 0 saturated heterocycles. The second-order valence-corrected chi connectivity index (χ2v) is 6.84. The number of aromatic nitrogens is 2. The van der Waals surface area contributed by atoms with Gasteiger partial charge in [-0.3, -0.25) is 9.36 Å². The third kappa shape index (κ3) is 2.77. The van der Waals surface area contributed by atoms with Gasteiger partial charge in [0.25, 0.3) is 5.56 Å². The van der Waals surface area contributed by atoms with E-state index < -0.39 is 0 Å². The van der Waals surface area contributed by atoms with E-state index in [-0.39, 0.29) is 5.56 Å². The fourth-order valence-electron chi connectivity index (χ4n) is 2.17. The van der Waals surface area contributed by atoms with Crippen LogP contribution in [0.1, 0.15) is 12.5 Å². The smallest absolute Gasteiger partial charge is 0.267 e. The fourth-order valence-corrected chi connectivity index (χ4v) is 3.51. The van der Waals surface area contributed by atoms with Crippen molar-refractivity contribution in [3.63, 3.8) is 0 Å². The van der Waals surface area contributed by atoms with Crippen LogP contribution in [0.3, 0.4) is 0 Å². The molecule has 0 saturated carbocycles. The van der Waals surface area contributed by atoms with Gasteiger partial charge in [-0.05, 0) is 49.0 Å². The van der Waals surface area contributed by atoms with Gasteiger partial charge in [0.15, 0.2) is 4.77 Å². The number of aromatic amines is 1. The molecular weight excluding hydrogens is 359 g/mol. The van der Waals surface area contributed by atoms with E-state index in [0.29, 0.717) is 25.9 Å². The summed E-state index contributed by atoms with van der Waals surface area (Å²) < 4.78 is 1.80. The van der Waals surface area contributed by atoms with E-state index in [0.717, 1.165) is 11.1 Å². The molecule has 1 aromatic carbocycles. The summed E-state index contributed by atoms with van der Waals surface area (Å²) in [6.07, 6.45) is 1.74. The van der Waals surface area contributed by atoms with Crippen LogP contribution in [-0.4, -0.2) is 9.55 Å². The molecule has 0 aliphatic carbocycles. The molecule has 0 aliphatic heterocycles. The molecule has 7 heteroatoms. The lowest BCUT2D eigenvalue weighted by molar-refractivity contribution is 0.941. The zero-order valence-corrected chi connectivity index (χ0v) is 14.5. The Hall–Kier alpha value is -1.40. The predicted octanol–water partition coefficient (Wildman–Crippen LogP) is 5.36. The van der Waals surface area contributed by atoms with Crippen LogP contribution in [0, 0.1) is 4.77 Å². The normalized spacial score (nSPS) is 12.0. The highest BCUT2D eigenvalue weighted by molar-refractivity contribution is 7.71. The van der Waals surface area contributed by atoms with Gasteiger partial charge in [0.05, 0.1) is 16.6 Å². The summed E-state index contributed by atoms with van der Waals surface area (Å²) in [5.74, 6) is 0. The third-order valence-electron chi connectivity index (χ3n) is 3.13. The van der Waals surface area contributed by atoms with Crippen molar-refractivity contribution in [3.8, 4) is 5.69 Å². The van der Waals surface area contributed by atoms with Gasteiger partial charge in [-0.2, -0.15) is 0 Å². The van der Waals surface area contributed by atoms with Crippen LogP contribution >= 0.6 is 46.8 Å². The minimum absolute atomic E-state index is 0.153. The summed E-state index contributed by atoms with van der Waals surface area (Å²) in [5, 5.41) is 5.44. The third-order valence-corrected chi connectivity index (χ3v) is 4.61. The Kier molecular flexibility index (Phi) is 4.23. The number of rotatable bonds is 2. The monoisotopic (exact) mass is 368 g/mol. The molecule has 0 radical (unpaired) electrons. The highest BCUT2D eigenvalue weighted by Gasteiger charge is 2.09. The Morgan fingerprint density at radius 3 is 2.91 bits per heavy atom. The van der Waals surface area contributed by atoms with E-state index in [1.165, 1.54) is 15.9 Å². The maximum atomic E-state index is 12.6. The summed E-state index contributed by atoms with van der Waals surface area (Å²) in [4.78, 5) is 15.7. The number of nitrogens with one attached hydrogen (secondary N) is 1. The van der Waals surface area contributed by atoms with Gasteiger partial charge >= 0.3 is 0 Å². The molecule has 112 valence electrons. The summed E-state index contributed by atoms with van der Waals surface area (Å²) in [6.45, 7) is 1.76. The SMILES string of the molecule is C/C(Cl)=C/c1cc(-n2c(=S)[nH]c3cscc3c2=O)ccc1Cl. The minimum Gasteiger partial charge on any atom is -0.331 e. The molecule has 0 atom stereocenters. The first-order chi connectivity index (χ1) is 10.5. The van der Waals surface area contributed by atoms with Gasteiger partial charge in [-0.25, -0.2) is 0 Å². The van der Waals surface area contributed by atoms with E-state index in [1.807, 2.05) is 5.38 Å². The molecule has 0 unspecified atom stereocenters. The molecule has 1 N–H and O–H groups in total. The molecule has 3 nitrogen and oxygen atoms in total. The van der Waals surface area contributed by atoms with Crippen LogP contribution in [0.15, 0.2) is 38.8 Å². The summed E-state index contributed by atoms with van der Waals surface area (Å²) in [7, 11) is 0. The fraction of sp³-hybridized carbons (Fsp3) is 0.0667. The van der Waals surface area contributed by atoms with Crippen molar-refractivity contribution < 1.29 is 0 Å².